The first-order valence-corrected chi connectivity index (χ1v) is 5.78. The topological polar surface area (TPSA) is 43.4 Å². The van der Waals surface area contributed by atoms with Crippen molar-refractivity contribution in [1.29, 1.82) is 0 Å². The van der Waals surface area contributed by atoms with Crippen LogP contribution in [0.15, 0.2) is 24.4 Å². The van der Waals surface area contributed by atoms with Crippen LogP contribution in [0.5, 0.6) is 5.88 Å². The van der Waals surface area contributed by atoms with Crippen LogP contribution in [-0.2, 0) is 4.74 Å². The summed E-state index contributed by atoms with van der Waals surface area (Å²) in [5, 5.41) is 3.28. The number of nitrogens with zero attached hydrogens (tertiary/aromatic N) is 1. The number of aromatic nitrogens is 1. The van der Waals surface area contributed by atoms with Gasteiger partial charge in [-0.15, -0.1) is 0 Å². The number of ether oxygens (including phenoxy) is 2. The van der Waals surface area contributed by atoms with Crippen molar-refractivity contribution < 1.29 is 9.47 Å². The van der Waals surface area contributed by atoms with Gasteiger partial charge in [-0.05, 0) is 12.5 Å². The third-order valence-electron chi connectivity index (χ3n) is 3.52. The highest BCUT2D eigenvalue weighted by molar-refractivity contribution is 5.10. The van der Waals surface area contributed by atoms with E-state index < -0.39 is 0 Å². The number of pyridine rings is 1. The number of rotatable bonds is 3. The second-order valence-electron chi connectivity index (χ2n) is 4.48. The molecule has 1 spiro atoms. The Morgan fingerprint density at radius 3 is 3.12 bits per heavy atom. The largest absolute Gasteiger partial charge is 0.477 e. The van der Waals surface area contributed by atoms with Gasteiger partial charge in [0.1, 0.15) is 0 Å². The summed E-state index contributed by atoms with van der Waals surface area (Å²) in [4.78, 5) is 4.15. The summed E-state index contributed by atoms with van der Waals surface area (Å²) in [5.41, 5.74) is 0.0504. The Kier molecular flexibility index (Phi) is 2.53. The molecule has 0 amide bonds. The van der Waals surface area contributed by atoms with E-state index in [-0.39, 0.29) is 5.60 Å². The van der Waals surface area contributed by atoms with Crippen molar-refractivity contribution in [2.45, 2.75) is 12.0 Å². The Balaban J connectivity index is 1.59. The van der Waals surface area contributed by atoms with E-state index in [1.165, 1.54) is 0 Å². The molecule has 1 aromatic heterocycles. The maximum Gasteiger partial charge on any atom is 0.213 e. The Bertz CT molecular complexity index is 351. The van der Waals surface area contributed by atoms with Gasteiger partial charge < -0.3 is 14.8 Å². The average Bonchev–Trinajstić information content (AvgIpc) is 2.71. The summed E-state index contributed by atoms with van der Waals surface area (Å²) in [6, 6.07) is 5.72. The zero-order chi connectivity index (χ0) is 10.8. The predicted molar refractivity (Wildman–Crippen MR) is 59.4 cm³/mol. The fourth-order valence-corrected chi connectivity index (χ4v) is 2.40. The molecule has 0 aromatic carbocycles. The lowest BCUT2D eigenvalue weighted by atomic mass is 9.83. The molecule has 1 atom stereocenters. The molecule has 2 fully saturated rings. The van der Waals surface area contributed by atoms with Gasteiger partial charge in [0.2, 0.25) is 5.88 Å². The van der Waals surface area contributed by atoms with E-state index >= 15 is 0 Å². The van der Waals surface area contributed by atoms with E-state index in [1.54, 1.807) is 6.20 Å². The van der Waals surface area contributed by atoms with Crippen molar-refractivity contribution in [3.63, 3.8) is 0 Å². The third kappa shape index (κ3) is 1.68. The van der Waals surface area contributed by atoms with Gasteiger partial charge in [-0.25, -0.2) is 4.98 Å². The average molecular weight is 220 g/mol. The molecular formula is C12H16N2O2. The predicted octanol–water partition coefficient (Wildman–Crippen LogP) is 0.839. The van der Waals surface area contributed by atoms with Gasteiger partial charge >= 0.3 is 0 Å². The molecule has 0 aliphatic carbocycles. The normalized spacial score (nSPS) is 26.6. The van der Waals surface area contributed by atoms with Gasteiger partial charge in [0, 0.05) is 37.9 Å². The summed E-state index contributed by atoms with van der Waals surface area (Å²) in [7, 11) is 0. The Morgan fingerprint density at radius 1 is 1.50 bits per heavy atom. The van der Waals surface area contributed by atoms with Gasteiger partial charge in [-0.2, -0.15) is 0 Å². The van der Waals surface area contributed by atoms with Crippen LogP contribution in [0.2, 0.25) is 0 Å². The molecule has 2 aliphatic heterocycles. The Hall–Kier alpha value is -1.13. The van der Waals surface area contributed by atoms with Gasteiger partial charge in [-0.1, -0.05) is 6.07 Å². The molecule has 86 valence electrons. The second-order valence-corrected chi connectivity index (χ2v) is 4.48. The maximum atomic E-state index is 5.81. The molecule has 16 heavy (non-hydrogen) atoms. The molecule has 4 heteroatoms. The van der Waals surface area contributed by atoms with Crippen LogP contribution < -0.4 is 10.1 Å². The molecule has 0 saturated carbocycles. The summed E-state index contributed by atoms with van der Waals surface area (Å²) in [6.07, 6.45) is 2.84. The molecule has 1 N–H and O–H groups in total. The molecule has 2 saturated heterocycles. The molecular weight excluding hydrogens is 204 g/mol. The Labute approximate surface area is 95.0 Å². The van der Waals surface area contributed by atoms with Crippen LogP contribution >= 0.6 is 0 Å². The van der Waals surface area contributed by atoms with Crippen LogP contribution in [0.3, 0.4) is 0 Å². The number of hydrogen-bond acceptors (Lipinski definition) is 4. The lowest BCUT2D eigenvalue weighted by molar-refractivity contribution is -0.0693. The van der Waals surface area contributed by atoms with Crippen molar-refractivity contribution in [2.75, 3.05) is 26.3 Å². The molecule has 3 heterocycles. The molecule has 3 rings (SSSR count). The first kappa shape index (κ1) is 10.1. The third-order valence-corrected chi connectivity index (χ3v) is 3.52. The fourth-order valence-electron chi connectivity index (χ4n) is 2.40. The zero-order valence-electron chi connectivity index (χ0n) is 9.19. The van der Waals surface area contributed by atoms with Crippen LogP contribution in [0.25, 0.3) is 0 Å². The van der Waals surface area contributed by atoms with E-state index in [4.69, 9.17) is 9.47 Å². The molecule has 0 unspecified atom stereocenters. The van der Waals surface area contributed by atoms with Crippen LogP contribution in [-0.4, -0.2) is 36.9 Å². The monoisotopic (exact) mass is 220 g/mol. The fraction of sp³-hybridized carbons (Fsp3) is 0.583. The van der Waals surface area contributed by atoms with Crippen molar-refractivity contribution in [3.05, 3.63) is 24.4 Å². The number of nitrogens with one attached hydrogen (secondary N) is 1. The van der Waals surface area contributed by atoms with Crippen LogP contribution in [0.1, 0.15) is 6.42 Å². The second kappa shape index (κ2) is 4.03. The first-order chi connectivity index (χ1) is 7.89. The van der Waals surface area contributed by atoms with Crippen molar-refractivity contribution >= 4 is 0 Å². The summed E-state index contributed by atoms with van der Waals surface area (Å²) >= 11 is 0. The van der Waals surface area contributed by atoms with Crippen molar-refractivity contribution in [2.24, 2.45) is 5.92 Å². The zero-order valence-corrected chi connectivity index (χ0v) is 9.19. The lowest BCUT2D eigenvalue weighted by Gasteiger charge is -2.42. The lowest BCUT2D eigenvalue weighted by Crippen LogP contribution is -2.63. The minimum absolute atomic E-state index is 0.0504. The van der Waals surface area contributed by atoms with Gasteiger partial charge in [0.05, 0.1) is 12.2 Å². The first-order valence-electron chi connectivity index (χ1n) is 5.78. The highest BCUT2D eigenvalue weighted by Gasteiger charge is 2.49. The van der Waals surface area contributed by atoms with Crippen LogP contribution in [0.4, 0.5) is 0 Å². The maximum absolute atomic E-state index is 5.81. The standard InChI is InChI=1S/C12H16N2O2/c1-2-5-14-11(3-1)15-7-10-4-6-16-12(10)8-13-9-12/h1-3,5,10,13H,4,6-9H2/t10-/m1/s1. The molecule has 1 aromatic rings. The van der Waals surface area contributed by atoms with Crippen LogP contribution in [0, 0.1) is 5.92 Å². The highest BCUT2D eigenvalue weighted by Crippen LogP contribution is 2.35. The van der Waals surface area contributed by atoms with E-state index in [0.717, 1.165) is 26.1 Å². The van der Waals surface area contributed by atoms with Gasteiger partial charge in [-0.3, -0.25) is 0 Å². The summed E-state index contributed by atoms with van der Waals surface area (Å²) in [5.74, 6) is 1.20. The van der Waals surface area contributed by atoms with E-state index in [0.29, 0.717) is 18.4 Å². The molecule has 2 aliphatic rings. The molecule has 4 nitrogen and oxygen atoms in total. The molecule has 0 bridgehead atoms. The quantitative estimate of drug-likeness (QED) is 0.819. The highest BCUT2D eigenvalue weighted by atomic mass is 16.5. The smallest absolute Gasteiger partial charge is 0.213 e. The van der Waals surface area contributed by atoms with E-state index in [1.807, 2.05) is 18.2 Å². The number of hydrogen-bond donors (Lipinski definition) is 1. The minimum Gasteiger partial charge on any atom is -0.477 e. The van der Waals surface area contributed by atoms with E-state index in [2.05, 4.69) is 10.3 Å². The van der Waals surface area contributed by atoms with Crippen molar-refractivity contribution in [3.8, 4) is 5.88 Å². The van der Waals surface area contributed by atoms with Gasteiger partial charge in [0.15, 0.2) is 0 Å². The Morgan fingerprint density at radius 2 is 2.44 bits per heavy atom. The van der Waals surface area contributed by atoms with Gasteiger partial charge in [0.25, 0.3) is 0 Å². The van der Waals surface area contributed by atoms with E-state index in [9.17, 15) is 0 Å². The SMILES string of the molecule is c1ccc(OC[C@H]2CCOC23CNC3)nc1. The summed E-state index contributed by atoms with van der Waals surface area (Å²) in [6.45, 7) is 3.49. The van der Waals surface area contributed by atoms with Crippen molar-refractivity contribution in [1.82, 2.24) is 10.3 Å². The summed E-state index contributed by atoms with van der Waals surface area (Å²) < 4.78 is 11.5. The minimum atomic E-state index is 0.0504. The molecule has 0 radical (unpaired) electrons.